The van der Waals surface area contributed by atoms with Crippen LogP contribution in [0.2, 0.25) is 0 Å². The van der Waals surface area contributed by atoms with Gasteiger partial charge in [-0.3, -0.25) is 5.32 Å². The summed E-state index contributed by atoms with van der Waals surface area (Å²) in [4.78, 5) is 20.6. The Bertz CT molecular complexity index is 1100. The number of nitrogens with zero attached hydrogens (tertiary/aromatic N) is 3. The quantitative estimate of drug-likeness (QED) is 0.415. The zero-order valence-electron chi connectivity index (χ0n) is 16.0. The summed E-state index contributed by atoms with van der Waals surface area (Å²) < 4.78 is 28.0. The monoisotopic (exact) mass is 432 g/mol. The number of hydrogen-bond acceptors (Lipinski definition) is 9. The average Bonchev–Trinajstić information content (AvgIpc) is 3.18. The van der Waals surface area contributed by atoms with Crippen LogP contribution in [-0.4, -0.2) is 54.1 Å². The SMILES string of the molecule is CS(=O)(=O)Cc1cc(NCCO)nc(-c2ccc(NC(=O)Nc3ccon3)cc2)n1. The number of aliphatic hydroxyl groups is 1. The molecule has 0 fully saturated rings. The van der Waals surface area contributed by atoms with Crippen LogP contribution in [0.25, 0.3) is 11.4 Å². The highest BCUT2D eigenvalue weighted by Gasteiger charge is 2.12. The number of aliphatic hydroxyl groups excluding tert-OH is 1. The first-order valence-corrected chi connectivity index (χ1v) is 10.9. The zero-order valence-corrected chi connectivity index (χ0v) is 16.8. The predicted octanol–water partition coefficient (Wildman–Crippen LogP) is 1.72. The highest BCUT2D eigenvalue weighted by molar-refractivity contribution is 7.89. The molecule has 2 amide bonds. The Morgan fingerprint density at radius 2 is 1.87 bits per heavy atom. The molecule has 0 unspecified atom stereocenters. The van der Waals surface area contributed by atoms with E-state index < -0.39 is 15.9 Å². The summed E-state index contributed by atoms with van der Waals surface area (Å²) in [6, 6.07) is 9.26. The fourth-order valence-electron chi connectivity index (χ4n) is 2.50. The number of rotatable bonds is 8. The van der Waals surface area contributed by atoms with Crippen LogP contribution in [0.1, 0.15) is 5.69 Å². The van der Waals surface area contributed by atoms with E-state index in [0.717, 1.165) is 6.26 Å². The number of amides is 2. The Kier molecular flexibility index (Phi) is 6.59. The van der Waals surface area contributed by atoms with Gasteiger partial charge in [-0.2, -0.15) is 0 Å². The van der Waals surface area contributed by atoms with Crippen LogP contribution in [0.3, 0.4) is 0 Å². The average molecular weight is 432 g/mol. The van der Waals surface area contributed by atoms with Crippen LogP contribution < -0.4 is 16.0 Å². The molecule has 3 rings (SSSR count). The van der Waals surface area contributed by atoms with E-state index in [9.17, 15) is 13.2 Å². The van der Waals surface area contributed by atoms with Gasteiger partial charge < -0.3 is 20.3 Å². The molecule has 30 heavy (non-hydrogen) atoms. The molecule has 0 spiro atoms. The van der Waals surface area contributed by atoms with Crippen LogP contribution in [0.4, 0.5) is 22.1 Å². The predicted molar refractivity (Wildman–Crippen MR) is 111 cm³/mol. The highest BCUT2D eigenvalue weighted by atomic mass is 32.2. The topological polar surface area (TPSA) is 159 Å². The molecule has 0 radical (unpaired) electrons. The van der Waals surface area contributed by atoms with E-state index in [1.54, 1.807) is 24.3 Å². The van der Waals surface area contributed by atoms with Crippen molar-refractivity contribution in [1.29, 1.82) is 0 Å². The Balaban J connectivity index is 1.78. The second-order valence-corrected chi connectivity index (χ2v) is 8.47. The maximum Gasteiger partial charge on any atom is 0.324 e. The molecule has 0 bridgehead atoms. The first kappa shape index (κ1) is 21.2. The maximum absolute atomic E-state index is 11.9. The normalized spacial score (nSPS) is 11.1. The van der Waals surface area contributed by atoms with Crippen LogP contribution >= 0.6 is 0 Å². The molecule has 0 atom stereocenters. The number of carbonyl (C=O) groups excluding carboxylic acids is 1. The first-order valence-electron chi connectivity index (χ1n) is 8.81. The third-order valence-corrected chi connectivity index (χ3v) is 4.51. The van der Waals surface area contributed by atoms with Gasteiger partial charge in [-0.1, -0.05) is 5.16 Å². The van der Waals surface area contributed by atoms with E-state index >= 15 is 0 Å². The van der Waals surface area contributed by atoms with Gasteiger partial charge in [0.25, 0.3) is 0 Å². The van der Waals surface area contributed by atoms with Crippen LogP contribution in [0, 0.1) is 0 Å². The van der Waals surface area contributed by atoms with Crippen molar-refractivity contribution in [3.05, 3.63) is 48.4 Å². The molecule has 3 aromatic rings. The molecule has 0 saturated carbocycles. The van der Waals surface area contributed by atoms with Gasteiger partial charge in [-0.15, -0.1) is 0 Å². The molecule has 158 valence electrons. The molecule has 0 aliphatic carbocycles. The number of benzene rings is 1. The summed E-state index contributed by atoms with van der Waals surface area (Å²) in [6.45, 7) is 0.162. The summed E-state index contributed by atoms with van der Waals surface area (Å²) in [5, 5.41) is 20.7. The Morgan fingerprint density at radius 1 is 1.10 bits per heavy atom. The van der Waals surface area contributed by atoms with E-state index in [1.807, 2.05) is 0 Å². The molecule has 2 heterocycles. The number of aromatic nitrogens is 3. The van der Waals surface area contributed by atoms with Gasteiger partial charge in [0.2, 0.25) is 0 Å². The lowest BCUT2D eigenvalue weighted by atomic mass is 10.2. The maximum atomic E-state index is 11.9. The molecule has 11 nitrogen and oxygen atoms in total. The molecule has 12 heteroatoms. The third kappa shape index (κ3) is 6.25. The largest absolute Gasteiger partial charge is 0.395 e. The molecular weight excluding hydrogens is 412 g/mol. The van der Waals surface area contributed by atoms with Crippen LogP contribution in [-0.2, 0) is 15.6 Å². The Hall–Kier alpha value is -3.51. The van der Waals surface area contributed by atoms with Crippen molar-refractivity contribution in [2.45, 2.75) is 5.75 Å². The minimum Gasteiger partial charge on any atom is -0.395 e. The van der Waals surface area contributed by atoms with E-state index in [1.165, 1.54) is 18.4 Å². The van der Waals surface area contributed by atoms with Gasteiger partial charge in [0, 0.05) is 36.2 Å². The van der Waals surface area contributed by atoms with Crippen molar-refractivity contribution >= 4 is 33.2 Å². The molecule has 4 N–H and O–H groups in total. The molecule has 0 aliphatic rings. The zero-order chi connectivity index (χ0) is 21.6. The standard InChI is InChI=1S/C18H20N6O5S/c1-30(27,28)11-14-10-16(19-7-8-25)22-17(20-14)12-2-4-13(5-3-12)21-18(26)23-15-6-9-29-24-15/h2-6,9-10,25H,7-8,11H2,1H3,(H,19,20,22)(H2,21,23,24,26). The molecular formula is C18H20N6O5S. The van der Waals surface area contributed by atoms with Crippen LogP contribution in [0.5, 0.6) is 0 Å². The fraction of sp³-hybridized carbons (Fsp3) is 0.222. The van der Waals surface area contributed by atoms with Gasteiger partial charge >= 0.3 is 6.03 Å². The van der Waals surface area contributed by atoms with Gasteiger partial charge in [0.05, 0.1) is 18.1 Å². The summed E-state index contributed by atoms with van der Waals surface area (Å²) in [7, 11) is -3.29. The van der Waals surface area contributed by atoms with Gasteiger partial charge in [-0.25, -0.2) is 23.2 Å². The lowest BCUT2D eigenvalue weighted by molar-refractivity contribution is 0.262. The second-order valence-electron chi connectivity index (χ2n) is 6.33. The van der Waals surface area contributed by atoms with E-state index in [2.05, 4.69) is 35.6 Å². The van der Waals surface area contributed by atoms with Gasteiger partial charge in [-0.05, 0) is 24.3 Å². The Labute approximate surface area is 172 Å². The van der Waals surface area contributed by atoms with Gasteiger partial charge in [0.1, 0.15) is 12.1 Å². The van der Waals surface area contributed by atoms with Crippen molar-refractivity contribution < 1.29 is 22.8 Å². The molecule has 0 aliphatic heterocycles. The minimum absolute atomic E-state index is 0.0997. The second kappa shape index (κ2) is 9.33. The smallest absolute Gasteiger partial charge is 0.324 e. The summed E-state index contributed by atoms with van der Waals surface area (Å²) >= 11 is 0. The van der Waals surface area contributed by atoms with Crippen molar-refractivity contribution in [2.24, 2.45) is 0 Å². The van der Waals surface area contributed by atoms with E-state index in [-0.39, 0.29) is 24.7 Å². The fourth-order valence-corrected chi connectivity index (χ4v) is 3.19. The van der Waals surface area contributed by atoms with E-state index in [4.69, 9.17) is 5.11 Å². The lowest BCUT2D eigenvalue weighted by Gasteiger charge is -2.10. The van der Waals surface area contributed by atoms with Crippen molar-refractivity contribution in [1.82, 2.24) is 15.1 Å². The number of anilines is 3. The highest BCUT2D eigenvalue weighted by Crippen LogP contribution is 2.21. The summed E-state index contributed by atoms with van der Waals surface area (Å²) in [5.41, 5.74) is 1.47. The molecule has 2 aromatic heterocycles. The number of carbonyl (C=O) groups is 1. The number of sulfone groups is 1. The van der Waals surface area contributed by atoms with Gasteiger partial charge in [0.15, 0.2) is 21.5 Å². The van der Waals surface area contributed by atoms with Crippen molar-refractivity contribution in [3.8, 4) is 11.4 Å². The summed E-state index contributed by atoms with van der Waals surface area (Å²) in [5.74, 6) is 0.762. The minimum atomic E-state index is -3.29. The molecule has 0 saturated heterocycles. The summed E-state index contributed by atoms with van der Waals surface area (Å²) in [6.07, 6.45) is 2.46. The third-order valence-electron chi connectivity index (χ3n) is 3.69. The molecule has 1 aromatic carbocycles. The number of urea groups is 1. The first-order chi connectivity index (χ1) is 14.3. The number of hydrogen-bond donors (Lipinski definition) is 4. The Morgan fingerprint density at radius 3 is 2.50 bits per heavy atom. The number of nitrogens with one attached hydrogen (secondary N) is 3. The lowest BCUT2D eigenvalue weighted by Crippen LogP contribution is -2.19. The van der Waals surface area contributed by atoms with E-state index in [0.29, 0.717) is 28.6 Å². The van der Waals surface area contributed by atoms with Crippen molar-refractivity contribution in [3.63, 3.8) is 0 Å². The van der Waals surface area contributed by atoms with Crippen molar-refractivity contribution in [2.75, 3.05) is 35.4 Å². The van der Waals surface area contributed by atoms with Crippen LogP contribution in [0.15, 0.2) is 47.2 Å².